The van der Waals surface area contributed by atoms with E-state index in [4.69, 9.17) is 16.3 Å². The summed E-state index contributed by atoms with van der Waals surface area (Å²) >= 11 is 7.15. The Kier molecular flexibility index (Phi) is 6.31. The van der Waals surface area contributed by atoms with Gasteiger partial charge in [-0.2, -0.15) is 5.10 Å². The second kappa shape index (κ2) is 9.17. The van der Waals surface area contributed by atoms with Gasteiger partial charge in [-0.25, -0.2) is 4.79 Å². The predicted octanol–water partition coefficient (Wildman–Crippen LogP) is 5.05. The second-order valence-electron chi connectivity index (χ2n) is 7.36. The molecule has 0 aliphatic carbocycles. The second-order valence-corrected chi connectivity index (χ2v) is 8.67. The minimum Gasteiger partial charge on any atom is -0.462 e. The summed E-state index contributed by atoms with van der Waals surface area (Å²) in [5, 5.41) is 9.86. The van der Waals surface area contributed by atoms with Crippen LogP contribution >= 0.6 is 22.9 Å². The Morgan fingerprint density at radius 3 is 2.61 bits per heavy atom. The number of halogens is 1. The lowest BCUT2D eigenvalue weighted by molar-refractivity contribution is 0.0529. The average Bonchev–Trinajstić information content (AvgIpc) is 3.20. The fraction of sp³-hybridized carbons (Fsp3) is 0.167. The molecule has 4 rings (SSSR count). The van der Waals surface area contributed by atoms with E-state index in [-0.39, 0.29) is 22.9 Å². The van der Waals surface area contributed by atoms with Gasteiger partial charge in [0, 0.05) is 23.0 Å². The van der Waals surface area contributed by atoms with Crippen LogP contribution in [0.15, 0.2) is 52.6 Å². The third-order valence-corrected chi connectivity index (χ3v) is 6.23. The summed E-state index contributed by atoms with van der Waals surface area (Å²) in [5.41, 5.74) is 2.34. The topological polar surface area (TPSA) is 90.3 Å². The van der Waals surface area contributed by atoms with E-state index in [0.717, 1.165) is 11.1 Å². The van der Waals surface area contributed by atoms with Crippen LogP contribution in [0.1, 0.15) is 33.3 Å². The van der Waals surface area contributed by atoms with Crippen LogP contribution in [0.5, 0.6) is 0 Å². The van der Waals surface area contributed by atoms with E-state index in [2.05, 4.69) is 10.4 Å². The van der Waals surface area contributed by atoms with Crippen molar-refractivity contribution in [3.63, 3.8) is 0 Å². The van der Waals surface area contributed by atoms with E-state index >= 15 is 0 Å². The highest BCUT2D eigenvalue weighted by Gasteiger charge is 2.25. The molecular weight excluding hydrogens is 462 g/mol. The van der Waals surface area contributed by atoms with Crippen molar-refractivity contribution in [1.29, 1.82) is 0 Å². The first-order chi connectivity index (χ1) is 15.8. The molecule has 168 valence electrons. The summed E-state index contributed by atoms with van der Waals surface area (Å²) in [6, 6.07) is 12.4. The van der Waals surface area contributed by atoms with Gasteiger partial charge in [-0.3, -0.25) is 14.3 Å². The number of hydrogen-bond acceptors (Lipinski definition) is 6. The minimum atomic E-state index is -0.700. The van der Waals surface area contributed by atoms with Crippen molar-refractivity contribution in [2.24, 2.45) is 7.05 Å². The zero-order chi connectivity index (χ0) is 23.7. The fourth-order valence-electron chi connectivity index (χ4n) is 3.50. The molecule has 33 heavy (non-hydrogen) atoms. The molecule has 0 fully saturated rings. The third-order valence-electron chi connectivity index (χ3n) is 5.08. The molecule has 1 amide bonds. The van der Waals surface area contributed by atoms with Crippen LogP contribution in [0.4, 0.5) is 5.00 Å². The number of aromatic nitrogens is 2. The van der Waals surface area contributed by atoms with E-state index in [1.807, 2.05) is 13.0 Å². The number of anilines is 1. The molecule has 7 nitrogen and oxygen atoms in total. The lowest BCUT2D eigenvalue weighted by Gasteiger charge is -2.10. The van der Waals surface area contributed by atoms with Crippen molar-refractivity contribution in [3.05, 3.63) is 79.9 Å². The van der Waals surface area contributed by atoms with Crippen molar-refractivity contribution in [1.82, 2.24) is 9.78 Å². The largest absolute Gasteiger partial charge is 0.462 e. The lowest BCUT2D eigenvalue weighted by Crippen LogP contribution is -2.26. The number of hydrogen-bond donors (Lipinski definition) is 1. The summed E-state index contributed by atoms with van der Waals surface area (Å²) in [7, 11) is 1.67. The van der Waals surface area contributed by atoms with Gasteiger partial charge in [0.1, 0.15) is 10.6 Å². The molecule has 0 spiro atoms. The van der Waals surface area contributed by atoms with Crippen molar-refractivity contribution in [2.75, 3.05) is 11.9 Å². The first-order valence-electron chi connectivity index (χ1n) is 10.1. The maximum absolute atomic E-state index is 13.1. The van der Waals surface area contributed by atoms with E-state index in [9.17, 15) is 14.4 Å². The number of nitrogens with zero attached hydrogens (tertiary/aromatic N) is 2. The molecule has 9 heteroatoms. The van der Waals surface area contributed by atoms with Crippen LogP contribution in [0, 0.1) is 6.92 Å². The molecule has 0 atom stereocenters. The molecule has 0 unspecified atom stereocenters. The predicted molar refractivity (Wildman–Crippen MR) is 130 cm³/mol. The Hall–Kier alpha value is -3.49. The number of carbonyl (C=O) groups is 2. The molecule has 2 heterocycles. The van der Waals surface area contributed by atoms with Crippen molar-refractivity contribution < 1.29 is 14.3 Å². The summed E-state index contributed by atoms with van der Waals surface area (Å²) in [6.45, 7) is 3.75. The average molecular weight is 482 g/mol. The SMILES string of the molecule is CCOC(=O)c1c(-c2ccc(Cl)cc2)csc1NC(=O)c1nn(C)c2ccc(C)cc2c1=O. The highest BCUT2D eigenvalue weighted by molar-refractivity contribution is 7.15. The quantitative estimate of drug-likeness (QED) is 0.403. The molecule has 2 aromatic carbocycles. The molecule has 1 N–H and O–H groups in total. The molecule has 0 aliphatic rings. The van der Waals surface area contributed by atoms with Crippen LogP contribution < -0.4 is 10.7 Å². The van der Waals surface area contributed by atoms with E-state index in [1.165, 1.54) is 16.0 Å². The lowest BCUT2D eigenvalue weighted by atomic mass is 10.0. The molecule has 0 saturated carbocycles. The summed E-state index contributed by atoms with van der Waals surface area (Å²) in [4.78, 5) is 38.9. The van der Waals surface area contributed by atoms with Crippen molar-refractivity contribution in [2.45, 2.75) is 13.8 Å². The van der Waals surface area contributed by atoms with Gasteiger partial charge in [-0.05, 0) is 43.7 Å². The standard InChI is InChI=1S/C24H20ClN3O4S/c1-4-32-24(31)19-17(14-6-8-15(25)9-7-14)12-33-23(19)26-22(30)20-21(29)16-11-13(2)5-10-18(16)28(3)27-20/h5-12H,4H2,1-3H3,(H,26,30). The fourth-order valence-corrected chi connectivity index (χ4v) is 4.58. The number of rotatable bonds is 5. The van der Waals surface area contributed by atoms with E-state index < -0.39 is 17.3 Å². The van der Waals surface area contributed by atoms with Crippen LogP contribution in [-0.4, -0.2) is 28.3 Å². The van der Waals surface area contributed by atoms with Gasteiger partial charge in [-0.1, -0.05) is 35.4 Å². The molecular formula is C24H20ClN3O4S. The van der Waals surface area contributed by atoms with E-state index in [0.29, 0.717) is 21.5 Å². The van der Waals surface area contributed by atoms with Gasteiger partial charge < -0.3 is 10.1 Å². The monoisotopic (exact) mass is 481 g/mol. The summed E-state index contributed by atoms with van der Waals surface area (Å²) in [6.07, 6.45) is 0. The van der Waals surface area contributed by atoms with Gasteiger partial charge in [0.15, 0.2) is 5.69 Å². The highest BCUT2D eigenvalue weighted by Crippen LogP contribution is 2.36. The number of aryl methyl sites for hydroxylation is 2. The third kappa shape index (κ3) is 4.40. The number of fused-ring (bicyclic) bond motifs is 1. The number of amides is 1. The maximum atomic E-state index is 13.1. The van der Waals surface area contributed by atoms with E-state index in [1.54, 1.807) is 55.7 Å². The number of ether oxygens (including phenoxy) is 1. The number of nitrogens with one attached hydrogen (secondary N) is 1. The van der Waals surface area contributed by atoms with Gasteiger partial charge in [-0.15, -0.1) is 11.3 Å². The van der Waals surface area contributed by atoms with Gasteiger partial charge in [0.05, 0.1) is 17.5 Å². The number of benzene rings is 2. The Labute approximate surface area is 198 Å². The molecule has 2 aromatic heterocycles. The smallest absolute Gasteiger partial charge is 0.341 e. The van der Waals surface area contributed by atoms with Crippen molar-refractivity contribution in [3.8, 4) is 11.1 Å². The number of thiophene rings is 1. The Bertz CT molecular complexity index is 1440. The van der Waals surface area contributed by atoms with Crippen molar-refractivity contribution >= 4 is 50.7 Å². The number of carbonyl (C=O) groups excluding carboxylic acids is 2. The maximum Gasteiger partial charge on any atom is 0.341 e. The number of esters is 1. The molecule has 0 radical (unpaired) electrons. The van der Waals surface area contributed by atoms with Gasteiger partial charge in [0.2, 0.25) is 5.43 Å². The normalized spacial score (nSPS) is 10.9. The molecule has 0 saturated heterocycles. The Balaban J connectivity index is 1.77. The molecule has 4 aromatic rings. The molecule has 0 bridgehead atoms. The summed E-state index contributed by atoms with van der Waals surface area (Å²) < 4.78 is 6.71. The zero-order valence-corrected chi connectivity index (χ0v) is 19.7. The minimum absolute atomic E-state index is 0.175. The van der Waals surface area contributed by atoms with Crippen LogP contribution in [0.25, 0.3) is 22.0 Å². The van der Waals surface area contributed by atoms with Gasteiger partial charge >= 0.3 is 5.97 Å². The molecule has 0 aliphatic heterocycles. The first-order valence-corrected chi connectivity index (χ1v) is 11.4. The Morgan fingerprint density at radius 2 is 1.91 bits per heavy atom. The van der Waals surface area contributed by atoms with Crippen LogP contribution in [0.3, 0.4) is 0 Å². The van der Waals surface area contributed by atoms with Crippen LogP contribution in [-0.2, 0) is 11.8 Å². The van der Waals surface area contributed by atoms with Crippen LogP contribution in [0.2, 0.25) is 5.02 Å². The van der Waals surface area contributed by atoms with Gasteiger partial charge in [0.25, 0.3) is 5.91 Å². The zero-order valence-electron chi connectivity index (χ0n) is 18.1. The Morgan fingerprint density at radius 1 is 1.18 bits per heavy atom. The first kappa shape index (κ1) is 22.7. The summed E-state index contributed by atoms with van der Waals surface area (Å²) in [5.74, 6) is -1.27. The highest BCUT2D eigenvalue weighted by atomic mass is 35.5.